The Labute approximate surface area is 426 Å². The van der Waals surface area contributed by atoms with Gasteiger partial charge in [0.25, 0.3) is 0 Å². The summed E-state index contributed by atoms with van der Waals surface area (Å²) in [5, 5.41) is 4.63. The number of alkyl carbamates (subject to hydrolysis) is 1. The van der Waals surface area contributed by atoms with Gasteiger partial charge in [-0.2, -0.15) is 12.6 Å². The van der Waals surface area contributed by atoms with E-state index in [0.29, 0.717) is 31.1 Å². The lowest BCUT2D eigenvalue weighted by atomic mass is 9.81. The van der Waals surface area contributed by atoms with Gasteiger partial charge in [-0.1, -0.05) is 108 Å². The third-order valence-corrected chi connectivity index (χ3v) is 12.9. The van der Waals surface area contributed by atoms with Crippen molar-refractivity contribution in [2.45, 2.75) is 104 Å². The first kappa shape index (κ1) is 57.5. The van der Waals surface area contributed by atoms with Gasteiger partial charge in [-0.3, -0.25) is 19.3 Å². The van der Waals surface area contributed by atoms with E-state index < -0.39 is 6.09 Å². The smallest absolute Gasteiger partial charge is 0.407 e. The van der Waals surface area contributed by atoms with E-state index in [9.17, 15) is 24.0 Å². The summed E-state index contributed by atoms with van der Waals surface area (Å²) in [5.74, 6) is 1.99. The van der Waals surface area contributed by atoms with Gasteiger partial charge in [0.1, 0.15) is 17.9 Å². The second kappa shape index (κ2) is 29.3. The fourth-order valence-corrected chi connectivity index (χ4v) is 9.74. The van der Waals surface area contributed by atoms with E-state index in [0.717, 1.165) is 120 Å². The number of rotatable bonds is 11. The van der Waals surface area contributed by atoms with Crippen molar-refractivity contribution in [3.63, 3.8) is 0 Å². The van der Waals surface area contributed by atoms with Crippen molar-refractivity contribution in [3.05, 3.63) is 95.8 Å². The van der Waals surface area contributed by atoms with Crippen LogP contribution in [0.4, 0.5) is 4.79 Å². The van der Waals surface area contributed by atoms with E-state index in [1.165, 1.54) is 25.5 Å². The molecular weight excluding hydrogens is 917 g/mol. The standard InChI is InChI=1S/C43H45N7O3.C4H7NO3.C3H8.C2H6O.C2H6.CH4S/c1-49-20-4-6-36(49)41-45-23-34(47-41)29-12-8-27(9-13-29)31-16-17-32(39-33(31)22-43(40(39)53)18-2-3-19-43)28-10-14-30(15-11-28)35-24-46-42(48-35)37-7-5-21-50(37)38(52)25-44-26-51;1-8-4(7)5-2-3-6;2*1-3-2;2*1-2/h8-17,23-24,26,36-37H,2-7,18-22,25H2,1H3,(H,44,51)(H,45,47)(H,46,48);3H,2H2,1H3,(H,5,7);3H2,1-2H3;1-2H3;1-2H3;2H,1H3. The molecule has 0 bridgehead atoms. The third-order valence-electron chi connectivity index (χ3n) is 12.9. The largest absolute Gasteiger partial charge is 0.453 e. The highest BCUT2D eigenvalue weighted by molar-refractivity contribution is 7.79. The van der Waals surface area contributed by atoms with E-state index in [2.05, 4.69) is 134 Å². The van der Waals surface area contributed by atoms with Crippen molar-refractivity contribution in [2.75, 3.05) is 60.8 Å². The van der Waals surface area contributed by atoms with Crippen LogP contribution in [0.5, 0.6) is 0 Å². The number of fused-ring (bicyclic) bond motifs is 1. The van der Waals surface area contributed by atoms with Gasteiger partial charge >= 0.3 is 6.09 Å². The number of benzene rings is 3. The summed E-state index contributed by atoms with van der Waals surface area (Å²) < 4.78 is 8.39. The number of hydrogen-bond acceptors (Lipinski definition) is 11. The molecule has 2 aliphatic heterocycles. The molecule has 3 amide bonds. The summed E-state index contributed by atoms with van der Waals surface area (Å²) in [5.41, 5.74) is 10.1. The van der Waals surface area contributed by atoms with Gasteiger partial charge < -0.3 is 39.8 Å². The Morgan fingerprint density at radius 2 is 1.27 bits per heavy atom. The van der Waals surface area contributed by atoms with Crippen molar-refractivity contribution in [1.82, 2.24) is 40.4 Å². The number of nitrogens with one attached hydrogen (secondary N) is 4. The number of ketones is 1. The number of methoxy groups -OCH3 is 2. The van der Waals surface area contributed by atoms with E-state index >= 15 is 0 Å². The number of thiol groups is 1. The molecule has 71 heavy (non-hydrogen) atoms. The Morgan fingerprint density at radius 1 is 0.775 bits per heavy atom. The van der Waals surface area contributed by atoms with Crippen molar-refractivity contribution < 1.29 is 33.4 Å². The zero-order valence-corrected chi connectivity index (χ0v) is 44.1. The number of carbonyl (C=O) groups is 5. The number of likely N-dealkylation sites (tertiary alicyclic amines) is 2. The highest BCUT2D eigenvalue weighted by atomic mass is 32.1. The minimum Gasteiger partial charge on any atom is -0.453 e. The number of amides is 3. The van der Waals surface area contributed by atoms with E-state index in [1.54, 1.807) is 25.4 Å². The molecular formula is C55H76N8O7S. The van der Waals surface area contributed by atoms with E-state index in [1.807, 2.05) is 26.2 Å². The first-order valence-corrected chi connectivity index (χ1v) is 25.7. The highest BCUT2D eigenvalue weighted by Gasteiger charge is 2.49. The number of hydrogen-bond donors (Lipinski definition) is 5. The molecule has 2 saturated heterocycles. The molecule has 3 fully saturated rings. The monoisotopic (exact) mass is 993 g/mol. The van der Waals surface area contributed by atoms with Crippen molar-refractivity contribution >= 4 is 43.1 Å². The SMILES string of the molecule is CC.CCC.CN1CCCC1c1ncc(-c2ccc(-c3ccc(-c4ccc(-c5cnc(C6CCCN6C(=O)CNC=O)[nH]5)cc4)c4c3CC3(CCCC3)C4=O)cc2)[nH]1.COC.COC(=O)NCC=O.CS. The number of aromatic nitrogens is 4. The lowest BCUT2D eigenvalue weighted by molar-refractivity contribution is -0.132. The second-order valence-corrected chi connectivity index (χ2v) is 17.6. The molecule has 4 aliphatic rings. The molecule has 2 aromatic heterocycles. The summed E-state index contributed by atoms with van der Waals surface area (Å²) in [7, 11) is 6.65. The van der Waals surface area contributed by atoms with Gasteiger partial charge in [-0.15, -0.1) is 0 Å². The Kier molecular flexibility index (Phi) is 23.7. The van der Waals surface area contributed by atoms with Gasteiger partial charge in [0.15, 0.2) is 5.78 Å². The Bertz CT molecular complexity index is 2440. The van der Waals surface area contributed by atoms with Gasteiger partial charge in [0.2, 0.25) is 12.3 Å². The molecule has 2 atom stereocenters. The molecule has 5 aromatic rings. The van der Waals surface area contributed by atoms with Crippen LogP contribution in [0, 0.1) is 5.41 Å². The average molecular weight is 993 g/mol. The van der Waals surface area contributed by atoms with Gasteiger partial charge in [0, 0.05) is 31.7 Å². The molecule has 2 aliphatic carbocycles. The molecule has 384 valence electrons. The summed E-state index contributed by atoms with van der Waals surface area (Å²) in [4.78, 5) is 78.1. The van der Waals surface area contributed by atoms with Gasteiger partial charge in [0.05, 0.1) is 56.1 Å². The lowest BCUT2D eigenvalue weighted by Gasteiger charge is -2.23. The summed E-state index contributed by atoms with van der Waals surface area (Å²) in [6.45, 7) is 10.00. The number of ether oxygens (including phenoxy) is 2. The average Bonchev–Trinajstić information content (AvgIpc) is 4.29. The van der Waals surface area contributed by atoms with Crippen LogP contribution in [0.3, 0.4) is 0 Å². The van der Waals surface area contributed by atoms with Crippen molar-refractivity contribution in [1.29, 1.82) is 0 Å². The molecule has 1 spiro atoms. The minimum atomic E-state index is -0.586. The molecule has 16 heteroatoms. The van der Waals surface area contributed by atoms with Crippen molar-refractivity contribution in [2.24, 2.45) is 5.41 Å². The topological polar surface area (TPSA) is 192 Å². The molecule has 1 saturated carbocycles. The predicted octanol–water partition coefficient (Wildman–Crippen LogP) is 10.1. The molecule has 3 aromatic carbocycles. The number of aldehydes is 1. The maximum Gasteiger partial charge on any atom is 0.407 e. The second-order valence-electron chi connectivity index (χ2n) is 17.6. The predicted molar refractivity (Wildman–Crippen MR) is 285 cm³/mol. The maximum atomic E-state index is 14.4. The van der Waals surface area contributed by atoms with Crippen LogP contribution in [0.1, 0.15) is 125 Å². The van der Waals surface area contributed by atoms with Crippen LogP contribution in [0.15, 0.2) is 73.1 Å². The van der Waals surface area contributed by atoms with Crippen LogP contribution < -0.4 is 10.6 Å². The van der Waals surface area contributed by atoms with Gasteiger partial charge in [-0.25, -0.2) is 14.8 Å². The maximum absolute atomic E-state index is 14.4. The van der Waals surface area contributed by atoms with E-state index in [-0.39, 0.29) is 30.5 Å². The number of aromatic amines is 2. The molecule has 2 unspecified atom stereocenters. The Hall–Kier alpha value is -6.10. The molecule has 15 nitrogen and oxygen atoms in total. The van der Waals surface area contributed by atoms with Crippen LogP contribution >= 0.6 is 12.6 Å². The zero-order chi connectivity index (χ0) is 51.9. The van der Waals surface area contributed by atoms with Crippen molar-refractivity contribution in [3.8, 4) is 44.8 Å². The quantitative estimate of drug-likeness (QED) is 0.0629. The Morgan fingerprint density at radius 3 is 1.77 bits per heavy atom. The number of imidazole rings is 2. The number of H-pyrrole nitrogens is 2. The summed E-state index contributed by atoms with van der Waals surface area (Å²) in [6.07, 6.45) is 16.2. The van der Waals surface area contributed by atoms with Gasteiger partial charge in [-0.05, 0) is 104 Å². The summed E-state index contributed by atoms with van der Waals surface area (Å²) >= 11 is 3.53. The first-order valence-electron chi connectivity index (χ1n) is 24.9. The lowest BCUT2D eigenvalue weighted by Crippen LogP contribution is -2.37. The highest BCUT2D eigenvalue weighted by Crippen LogP contribution is 2.53. The van der Waals surface area contributed by atoms with Crippen LogP contribution in [-0.4, -0.2) is 121 Å². The summed E-state index contributed by atoms with van der Waals surface area (Å²) in [6, 6.07) is 21.6. The first-order chi connectivity index (χ1) is 34.6. The van der Waals surface area contributed by atoms with Crippen LogP contribution in [-0.2, 0) is 30.3 Å². The minimum absolute atomic E-state index is 0.00662. The fourth-order valence-electron chi connectivity index (χ4n) is 9.74. The molecule has 9 rings (SSSR count). The molecule has 4 N–H and O–H groups in total. The normalized spacial score (nSPS) is 17.0. The molecule has 0 radical (unpaired) electrons. The Balaban J connectivity index is 0.000000531. The van der Waals surface area contributed by atoms with E-state index in [4.69, 9.17) is 4.98 Å². The zero-order valence-electron chi connectivity index (χ0n) is 43.2. The fraction of sp³-hybridized carbons (Fsp3) is 0.473. The van der Waals surface area contributed by atoms with Crippen LogP contribution in [0.2, 0.25) is 0 Å². The number of Topliss-reactive ketones (excluding diaryl/α,β-unsaturated/α-hetero) is 1. The number of carbonyl (C=O) groups excluding carboxylic acids is 5. The molecule has 4 heterocycles. The van der Waals surface area contributed by atoms with Crippen LogP contribution in [0.25, 0.3) is 44.8 Å². The third kappa shape index (κ3) is 14.3. The number of nitrogens with zero attached hydrogens (tertiary/aromatic N) is 4.